The van der Waals surface area contributed by atoms with Gasteiger partial charge in [0.05, 0.1) is 17.3 Å². The van der Waals surface area contributed by atoms with Crippen molar-refractivity contribution in [2.45, 2.75) is 25.6 Å². The zero-order valence-electron chi connectivity index (χ0n) is 22.2. The summed E-state index contributed by atoms with van der Waals surface area (Å²) in [5.74, 6) is 0.0307. The van der Waals surface area contributed by atoms with Gasteiger partial charge in [0.2, 0.25) is 5.91 Å². The molecular formula is C30H27F3N4O3S. The summed E-state index contributed by atoms with van der Waals surface area (Å²) in [6.45, 7) is 2.46. The normalized spacial score (nSPS) is 15.9. The number of thiazole rings is 1. The van der Waals surface area contributed by atoms with Crippen molar-refractivity contribution in [1.82, 2.24) is 19.8 Å². The molecule has 212 valence electrons. The maximum atomic E-state index is 13.4. The zero-order valence-corrected chi connectivity index (χ0v) is 23.0. The molecule has 5 rings (SSSR count). The van der Waals surface area contributed by atoms with Gasteiger partial charge in [0, 0.05) is 49.9 Å². The fraction of sp³-hybridized carbons (Fsp3) is 0.267. The Bertz CT molecular complexity index is 1510. The molecule has 11 heteroatoms. The van der Waals surface area contributed by atoms with E-state index in [2.05, 4.69) is 4.98 Å². The van der Waals surface area contributed by atoms with Crippen LogP contribution in [0.5, 0.6) is 5.75 Å². The van der Waals surface area contributed by atoms with Crippen LogP contribution < -0.4 is 4.74 Å². The van der Waals surface area contributed by atoms with Crippen LogP contribution in [0.15, 0.2) is 78.4 Å². The Morgan fingerprint density at radius 2 is 1.71 bits per heavy atom. The van der Waals surface area contributed by atoms with Crippen LogP contribution in [0, 0.1) is 0 Å². The maximum Gasteiger partial charge on any atom is 0.417 e. The van der Waals surface area contributed by atoms with Crippen LogP contribution in [0.4, 0.5) is 13.2 Å². The highest BCUT2D eigenvalue weighted by molar-refractivity contribution is 7.10. The molecule has 4 aromatic rings. The molecular weight excluding hydrogens is 553 g/mol. The average Bonchev–Trinajstić information content (AvgIpc) is 3.35. The molecule has 1 unspecified atom stereocenters. The molecule has 1 aliphatic heterocycles. The van der Waals surface area contributed by atoms with E-state index in [0.717, 1.165) is 22.3 Å². The molecule has 1 aliphatic rings. The number of pyridine rings is 1. The Morgan fingerprint density at radius 1 is 0.976 bits per heavy atom. The van der Waals surface area contributed by atoms with Gasteiger partial charge in [-0.3, -0.25) is 14.6 Å². The molecule has 0 saturated carbocycles. The fourth-order valence-corrected chi connectivity index (χ4v) is 5.81. The van der Waals surface area contributed by atoms with Gasteiger partial charge < -0.3 is 14.5 Å². The molecule has 2 amide bonds. The van der Waals surface area contributed by atoms with E-state index in [-0.39, 0.29) is 30.0 Å². The van der Waals surface area contributed by atoms with E-state index in [9.17, 15) is 22.8 Å². The highest BCUT2D eigenvalue weighted by atomic mass is 32.1. The predicted octanol–water partition coefficient (Wildman–Crippen LogP) is 6.09. The third-order valence-corrected chi connectivity index (χ3v) is 7.91. The Kier molecular flexibility index (Phi) is 8.34. The molecule has 0 radical (unpaired) electrons. The van der Waals surface area contributed by atoms with Crippen molar-refractivity contribution in [2.75, 3.05) is 26.2 Å². The van der Waals surface area contributed by atoms with Gasteiger partial charge >= 0.3 is 6.18 Å². The molecule has 0 spiro atoms. The van der Waals surface area contributed by atoms with Gasteiger partial charge in [-0.05, 0) is 47.9 Å². The number of aromatic nitrogens is 2. The first kappa shape index (κ1) is 28.3. The third kappa shape index (κ3) is 6.57. The summed E-state index contributed by atoms with van der Waals surface area (Å²) in [6, 6.07) is 15.0. The minimum Gasteiger partial charge on any atom is -0.484 e. The van der Waals surface area contributed by atoms with E-state index < -0.39 is 11.7 Å². The lowest BCUT2D eigenvalue weighted by Gasteiger charge is -2.28. The zero-order chi connectivity index (χ0) is 29.0. The number of benzene rings is 2. The molecule has 7 nitrogen and oxygen atoms in total. The average molecular weight is 581 g/mol. The number of nitrogens with zero attached hydrogens (tertiary/aromatic N) is 4. The van der Waals surface area contributed by atoms with Gasteiger partial charge in [-0.2, -0.15) is 13.2 Å². The van der Waals surface area contributed by atoms with Crippen LogP contribution in [-0.2, 0) is 15.8 Å². The summed E-state index contributed by atoms with van der Waals surface area (Å²) in [6.07, 6.45) is -0.558. The van der Waals surface area contributed by atoms with Crippen LogP contribution in [0.1, 0.15) is 30.0 Å². The van der Waals surface area contributed by atoms with Gasteiger partial charge in [0.15, 0.2) is 6.61 Å². The van der Waals surface area contributed by atoms with Gasteiger partial charge in [-0.25, -0.2) is 4.98 Å². The highest BCUT2D eigenvalue weighted by Gasteiger charge is 2.34. The maximum absolute atomic E-state index is 13.4. The van der Waals surface area contributed by atoms with Gasteiger partial charge in [0.1, 0.15) is 10.8 Å². The van der Waals surface area contributed by atoms with Crippen molar-refractivity contribution in [2.24, 2.45) is 0 Å². The summed E-state index contributed by atoms with van der Waals surface area (Å²) < 4.78 is 46.1. The summed E-state index contributed by atoms with van der Waals surface area (Å²) in [4.78, 5) is 37.8. The Morgan fingerprint density at radius 3 is 2.41 bits per heavy atom. The smallest absolute Gasteiger partial charge is 0.417 e. The van der Waals surface area contributed by atoms with Crippen molar-refractivity contribution >= 4 is 23.2 Å². The highest BCUT2D eigenvalue weighted by Crippen LogP contribution is 2.37. The van der Waals surface area contributed by atoms with E-state index in [1.54, 1.807) is 52.5 Å². The summed E-state index contributed by atoms with van der Waals surface area (Å²) >= 11 is 1.46. The fourth-order valence-electron chi connectivity index (χ4n) is 4.84. The molecule has 0 bridgehead atoms. The van der Waals surface area contributed by atoms with Crippen LogP contribution in [0.25, 0.3) is 22.4 Å². The first-order valence-electron chi connectivity index (χ1n) is 13.0. The van der Waals surface area contributed by atoms with E-state index in [1.165, 1.54) is 30.4 Å². The molecule has 1 saturated heterocycles. The second-order valence-corrected chi connectivity index (χ2v) is 10.5. The summed E-state index contributed by atoms with van der Waals surface area (Å²) in [7, 11) is 0. The number of carbonyl (C=O) groups is 2. The number of alkyl halides is 3. The Labute approximate surface area is 239 Å². The molecule has 41 heavy (non-hydrogen) atoms. The number of rotatable bonds is 6. The van der Waals surface area contributed by atoms with Crippen molar-refractivity contribution in [3.63, 3.8) is 0 Å². The van der Waals surface area contributed by atoms with Crippen molar-refractivity contribution < 1.29 is 27.5 Å². The van der Waals surface area contributed by atoms with Gasteiger partial charge in [-0.15, -0.1) is 11.3 Å². The van der Waals surface area contributed by atoms with Crippen LogP contribution >= 0.6 is 11.3 Å². The second kappa shape index (κ2) is 12.1. The number of carbonyl (C=O) groups excluding carboxylic acids is 2. The Balaban J connectivity index is 1.31. The number of amides is 2. The van der Waals surface area contributed by atoms with Crippen LogP contribution in [0.2, 0.25) is 0 Å². The quantitative estimate of drug-likeness (QED) is 0.276. The van der Waals surface area contributed by atoms with Crippen LogP contribution in [0.3, 0.4) is 0 Å². The lowest BCUT2D eigenvalue weighted by molar-refractivity contribution is -0.137. The standard InChI is InChI=1S/C30H27F3N4O3S/c1-20(38)36-15-12-27(29-35-26(19-41-29)22-10-13-34-14-11-22)37(17-16-36)28(39)18-40-23-8-6-21(7-9-23)24-4-2-3-5-25(24)30(31,32)33/h2-11,13-14,19,27H,12,15-18H2,1H3. The third-order valence-electron chi connectivity index (χ3n) is 6.97. The Hall–Kier alpha value is -4.25. The molecule has 1 atom stereocenters. The number of hydrogen-bond acceptors (Lipinski definition) is 6. The van der Waals surface area contributed by atoms with Crippen molar-refractivity contribution in [3.05, 3.63) is 89.0 Å². The van der Waals surface area contributed by atoms with E-state index in [4.69, 9.17) is 9.72 Å². The predicted molar refractivity (Wildman–Crippen MR) is 149 cm³/mol. The largest absolute Gasteiger partial charge is 0.484 e. The molecule has 0 aliphatic carbocycles. The van der Waals surface area contributed by atoms with E-state index in [1.807, 2.05) is 17.5 Å². The van der Waals surface area contributed by atoms with Crippen molar-refractivity contribution in [1.29, 1.82) is 0 Å². The number of ether oxygens (including phenoxy) is 1. The van der Waals surface area contributed by atoms with E-state index in [0.29, 0.717) is 37.4 Å². The number of halogens is 3. The first-order valence-corrected chi connectivity index (χ1v) is 13.9. The molecule has 2 aromatic heterocycles. The van der Waals surface area contributed by atoms with E-state index >= 15 is 0 Å². The summed E-state index contributed by atoms with van der Waals surface area (Å²) in [5.41, 5.74) is 1.45. The molecule has 1 fully saturated rings. The minimum atomic E-state index is -4.48. The lowest BCUT2D eigenvalue weighted by Crippen LogP contribution is -2.40. The van der Waals surface area contributed by atoms with Crippen molar-refractivity contribution in [3.8, 4) is 28.1 Å². The van der Waals surface area contributed by atoms with Crippen LogP contribution in [-0.4, -0.2) is 57.8 Å². The molecule has 0 N–H and O–H groups in total. The first-order chi connectivity index (χ1) is 19.7. The van der Waals surface area contributed by atoms with Gasteiger partial charge in [-0.1, -0.05) is 30.3 Å². The number of hydrogen-bond donors (Lipinski definition) is 0. The second-order valence-electron chi connectivity index (χ2n) is 9.56. The molecule has 2 aromatic carbocycles. The monoisotopic (exact) mass is 580 g/mol. The van der Waals surface area contributed by atoms with Gasteiger partial charge in [0.25, 0.3) is 5.91 Å². The molecule has 3 heterocycles. The minimum absolute atomic E-state index is 0.0573. The topological polar surface area (TPSA) is 75.6 Å². The summed E-state index contributed by atoms with van der Waals surface area (Å²) in [5, 5.41) is 2.71. The lowest BCUT2D eigenvalue weighted by atomic mass is 9.99. The SMILES string of the molecule is CC(=O)N1CCC(c2nc(-c3ccncc3)cs2)N(C(=O)COc2ccc(-c3ccccc3C(F)(F)F)cc2)CC1.